The van der Waals surface area contributed by atoms with Gasteiger partial charge in [-0.25, -0.2) is 9.37 Å². The topological polar surface area (TPSA) is 29.9 Å². The molecule has 1 aromatic carbocycles. The van der Waals surface area contributed by atoms with Crippen molar-refractivity contribution in [1.82, 2.24) is 14.9 Å². The van der Waals surface area contributed by atoms with Crippen molar-refractivity contribution < 1.29 is 17.6 Å². The second-order valence-electron chi connectivity index (χ2n) is 5.04. The van der Waals surface area contributed by atoms with E-state index in [4.69, 9.17) is 0 Å². The van der Waals surface area contributed by atoms with E-state index in [0.29, 0.717) is 29.9 Å². The molecule has 0 saturated heterocycles. The number of nitrogens with zero attached hydrogens (tertiary/aromatic N) is 2. The van der Waals surface area contributed by atoms with Gasteiger partial charge in [0.2, 0.25) is 5.82 Å². The number of nitrogens with one attached hydrogen (secondary N) is 1. The van der Waals surface area contributed by atoms with Crippen LogP contribution in [0.25, 0.3) is 5.69 Å². The third kappa shape index (κ3) is 2.42. The summed E-state index contributed by atoms with van der Waals surface area (Å²) in [6, 6.07) is 4.11. The normalized spacial score (nSPS) is 15.1. The van der Waals surface area contributed by atoms with Crippen LogP contribution >= 0.6 is 0 Å². The predicted molar refractivity (Wildman–Crippen MR) is 68.7 cm³/mol. The van der Waals surface area contributed by atoms with Gasteiger partial charge >= 0.3 is 6.18 Å². The molecule has 1 aliphatic rings. The number of rotatable bonds is 1. The van der Waals surface area contributed by atoms with E-state index in [1.54, 1.807) is 6.92 Å². The highest BCUT2D eigenvalue weighted by molar-refractivity contribution is 5.42. The van der Waals surface area contributed by atoms with E-state index in [1.807, 2.05) is 0 Å². The molecule has 3 nitrogen and oxygen atoms in total. The molecular weight excluding hydrogens is 286 g/mol. The zero-order chi connectivity index (χ0) is 15.2. The molecule has 0 unspecified atom stereocenters. The van der Waals surface area contributed by atoms with E-state index in [0.717, 1.165) is 4.57 Å². The fourth-order valence-electron chi connectivity index (χ4n) is 2.55. The minimum Gasteiger partial charge on any atom is -0.311 e. The van der Waals surface area contributed by atoms with Crippen LogP contribution in [0.2, 0.25) is 0 Å². The Kier molecular flexibility index (Phi) is 3.24. The van der Waals surface area contributed by atoms with Crippen molar-refractivity contribution in [3.63, 3.8) is 0 Å². The molecule has 21 heavy (non-hydrogen) atoms. The van der Waals surface area contributed by atoms with Gasteiger partial charge in [-0.05, 0) is 24.6 Å². The number of hydrogen-bond donors (Lipinski definition) is 1. The summed E-state index contributed by atoms with van der Waals surface area (Å²) in [6.45, 7) is 2.52. The number of alkyl halides is 3. The summed E-state index contributed by atoms with van der Waals surface area (Å²) in [6.07, 6.45) is -4.25. The Morgan fingerprint density at radius 1 is 1.29 bits per heavy atom. The summed E-state index contributed by atoms with van der Waals surface area (Å²) in [7, 11) is 0. The zero-order valence-corrected chi connectivity index (χ0v) is 11.3. The maximum Gasteiger partial charge on any atom is 0.450 e. The predicted octanol–water partition coefficient (Wildman–Crippen LogP) is 2.98. The second-order valence-corrected chi connectivity index (χ2v) is 5.04. The monoisotopic (exact) mass is 299 g/mol. The molecule has 2 aromatic rings. The van der Waals surface area contributed by atoms with E-state index in [1.165, 1.54) is 18.2 Å². The average molecular weight is 299 g/mol. The lowest BCUT2D eigenvalue weighted by Crippen LogP contribution is -2.25. The number of benzene rings is 1. The first-order valence-corrected chi connectivity index (χ1v) is 6.53. The lowest BCUT2D eigenvalue weighted by atomic mass is 10.1. The number of aromatic nitrogens is 2. The van der Waals surface area contributed by atoms with Crippen LogP contribution in [0, 0.1) is 12.7 Å². The Morgan fingerprint density at radius 3 is 2.76 bits per heavy atom. The maximum atomic E-state index is 14.0. The van der Waals surface area contributed by atoms with E-state index < -0.39 is 17.8 Å². The van der Waals surface area contributed by atoms with Crippen LogP contribution < -0.4 is 5.32 Å². The molecular formula is C14H13F4N3. The van der Waals surface area contributed by atoms with Crippen LogP contribution in [0.5, 0.6) is 0 Å². The molecule has 0 aliphatic carbocycles. The molecule has 112 valence electrons. The van der Waals surface area contributed by atoms with E-state index in [9.17, 15) is 17.6 Å². The van der Waals surface area contributed by atoms with Gasteiger partial charge in [0.15, 0.2) is 0 Å². The third-order valence-electron chi connectivity index (χ3n) is 3.48. The van der Waals surface area contributed by atoms with Crippen LogP contribution in [0.4, 0.5) is 17.6 Å². The lowest BCUT2D eigenvalue weighted by Gasteiger charge is -2.17. The number of halogens is 4. The number of fused-ring (bicyclic) bond motifs is 1. The molecule has 3 rings (SSSR count). The number of hydrogen-bond acceptors (Lipinski definition) is 2. The fraction of sp³-hybridized carbons (Fsp3) is 0.357. The van der Waals surface area contributed by atoms with Crippen LogP contribution in [0.1, 0.15) is 22.8 Å². The SMILES string of the molecule is Cc1ccc(F)c(-n2c(C(F)(F)F)nc3c2CCNC3)c1. The first-order chi connectivity index (χ1) is 9.88. The second kappa shape index (κ2) is 4.84. The third-order valence-corrected chi connectivity index (χ3v) is 3.48. The molecule has 0 spiro atoms. The van der Waals surface area contributed by atoms with E-state index >= 15 is 0 Å². The first-order valence-electron chi connectivity index (χ1n) is 6.53. The zero-order valence-electron chi connectivity index (χ0n) is 11.3. The molecule has 0 saturated carbocycles. The summed E-state index contributed by atoms with van der Waals surface area (Å²) in [5, 5.41) is 2.97. The number of aryl methyl sites for hydroxylation is 1. The van der Waals surface area contributed by atoms with Gasteiger partial charge in [-0.1, -0.05) is 6.07 Å². The summed E-state index contributed by atoms with van der Waals surface area (Å²) in [5.41, 5.74) is 1.34. The Balaban J connectivity index is 2.29. The van der Waals surface area contributed by atoms with Gasteiger partial charge in [0.05, 0.1) is 11.4 Å². The molecule has 1 aromatic heterocycles. The molecule has 0 amide bonds. The van der Waals surface area contributed by atoms with Gasteiger partial charge in [0.25, 0.3) is 0 Å². The van der Waals surface area contributed by atoms with Crippen LogP contribution in [-0.2, 0) is 19.1 Å². The molecule has 0 fully saturated rings. The van der Waals surface area contributed by atoms with Gasteiger partial charge in [-0.15, -0.1) is 0 Å². The Morgan fingerprint density at radius 2 is 2.05 bits per heavy atom. The Labute approximate surface area is 118 Å². The Bertz CT molecular complexity index is 688. The van der Waals surface area contributed by atoms with Crippen LogP contribution in [0.3, 0.4) is 0 Å². The highest BCUT2D eigenvalue weighted by atomic mass is 19.4. The minimum absolute atomic E-state index is 0.0991. The quantitative estimate of drug-likeness (QED) is 0.820. The van der Waals surface area contributed by atoms with Crippen LogP contribution in [0.15, 0.2) is 18.2 Å². The van der Waals surface area contributed by atoms with Crippen molar-refractivity contribution in [3.8, 4) is 5.69 Å². The van der Waals surface area contributed by atoms with Crippen molar-refractivity contribution in [2.45, 2.75) is 26.1 Å². The minimum atomic E-state index is -4.63. The van der Waals surface area contributed by atoms with Gasteiger partial charge in [-0.3, -0.25) is 4.57 Å². The summed E-state index contributed by atoms with van der Waals surface area (Å²) >= 11 is 0. The van der Waals surface area contributed by atoms with Crippen molar-refractivity contribution >= 4 is 0 Å². The van der Waals surface area contributed by atoms with Gasteiger partial charge in [0.1, 0.15) is 5.82 Å². The molecule has 0 atom stereocenters. The number of imidazole rings is 1. The highest BCUT2D eigenvalue weighted by Gasteiger charge is 2.40. The molecule has 1 N–H and O–H groups in total. The van der Waals surface area contributed by atoms with Crippen LogP contribution in [-0.4, -0.2) is 16.1 Å². The summed E-state index contributed by atoms with van der Waals surface area (Å²) in [5.74, 6) is -1.76. The highest BCUT2D eigenvalue weighted by Crippen LogP contribution is 2.34. The van der Waals surface area contributed by atoms with Gasteiger partial charge < -0.3 is 5.32 Å². The van der Waals surface area contributed by atoms with Crippen molar-refractivity contribution in [3.05, 3.63) is 46.8 Å². The molecule has 0 bridgehead atoms. The molecule has 0 radical (unpaired) electrons. The summed E-state index contributed by atoms with van der Waals surface area (Å²) < 4.78 is 54.6. The molecule has 7 heteroatoms. The summed E-state index contributed by atoms with van der Waals surface area (Å²) in [4.78, 5) is 3.68. The van der Waals surface area contributed by atoms with Gasteiger partial charge in [-0.2, -0.15) is 13.2 Å². The molecule has 1 aliphatic heterocycles. The van der Waals surface area contributed by atoms with Crippen molar-refractivity contribution in [2.75, 3.05) is 6.54 Å². The van der Waals surface area contributed by atoms with Crippen molar-refractivity contribution in [1.29, 1.82) is 0 Å². The Hall–Kier alpha value is -1.89. The first kappa shape index (κ1) is 14.1. The van der Waals surface area contributed by atoms with E-state index in [2.05, 4.69) is 10.3 Å². The van der Waals surface area contributed by atoms with E-state index in [-0.39, 0.29) is 12.2 Å². The standard InChI is InChI=1S/C14H13F4N3/c1-8-2-3-9(15)12(6-8)21-11-4-5-19-7-10(11)20-13(21)14(16,17)18/h2-3,6,19H,4-5,7H2,1H3. The lowest BCUT2D eigenvalue weighted by molar-refractivity contribution is -0.146. The molecule has 2 heterocycles. The fourth-order valence-corrected chi connectivity index (χ4v) is 2.55. The maximum absolute atomic E-state index is 14.0. The van der Waals surface area contributed by atoms with Crippen molar-refractivity contribution in [2.24, 2.45) is 0 Å². The average Bonchev–Trinajstić information content (AvgIpc) is 2.81. The largest absolute Gasteiger partial charge is 0.450 e. The van der Waals surface area contributed by atoms with Gasteiger partial charge in [0, 0.05) is 25.2 Å². The smallest absolute Gasteiger partial charge is 0.311 e.